The number of carbonyl (C=O) groups is 1. The van der Waals surface area contributed by atoms with Crippen LogP contribution in [0.2, 0.25) is 0 Å². The molecule has 0 N–H and O–H groups in total. The number of nitro groups is 1. The van der Waals surface area contributed by atoms with E-state index < -0.39 is 10.9 Å². The van der Waals surface area contributed by atoms with Crippen LogP contribution in [0.5, 0.6) is 0 Å². The largest absolute Gasteiger partial charge is 0.313 e. The predicted molar refractivity (Wildman–Crippen MR) is 91.9 cm³/mol. The van der Waals surface area contributed by atoms with Crippen molar-refractivity contribution in [1.82, 2.24) is 9.91 Å². The molecule has 126 valence electrons. The number of carbonyl (C=O) groups excluding carboxylic acids is 1. The molecule has 2 rings (SSSR count). The third kappa shape index (κ3) is 4.89. The van der Waals surface area contributed by atoms with Crippen LogP contribution in [-0.2, 0) is 6.54 Å². The maximum absolute atomic E-state index is 12.3. The highest BCUT2D eigenvalue weighted by molar-refractivity contribution is 5.93. The Morgan fingerprint density at radius 3 is 2.12 bits per heavy atom. The molecule has 0 aliphatic rings. The quantitative estimate of drug-likeness (QED) is 0.552. The van der Waals surface area contributed by atoms with Crippen molar-refractivity contribution >= 4 is 5.91 Å². The Hall–Kier alpha value is -2.73. The van der Waals surface area contributed by atoms with Gasteiger partial charge in [-0.15, -0.1) is 0 Å². The Kier molecular flexibility index (Phi) is 6.45. The summed E-state index contributed by atoms with van der Waals surface area (Å²) in [5.74, 6) is -0.587. The van der Waals surface area contributed by atoms with Crippen molar-refractivity contribution in [2.24, 2.45) is 0 Å². The second-order valence-electron chi connectivity index (χ2n) is 5.39. The molecule has 0 heterocycles. The number of amides is 1. The monoisotopic (exact) mass is 327 g/mol. The van der Waals surface area contributed by atoms with E-state index in [1.54, 1.807) is 30.3 Å². The van der Waals surface area contributed by atoms with Gasteiger partial charge in [0, 0.05) is 18.7 Å². The molecule has 0 fully saturated rings. The molecule has 6 heteroatoms. The van der Waals surface area contributed by atoms with E-state index in [0.717, 1.165) is 12.1 Å². The summed E-state index contributed by atoms with van der Waals surface area (Å²) in [5.41, 5.74) is 1.46. The summed E-state index contributed by atoms with van der Waals surface area (Å²) < 4.78 is 0. The van der Waals surface area contributed by atoms with Crippen molar-refractivity contribution < 1.29 is 9.83 Å². The van der Waals surface area contributed by atoms with Crippen LogP contribution >= 0.6 is 0 Å². The summed E-state index contributed by atoms with van der Waals surface area (Å²) in [7, 11) is 0. The van der Waals surface area contributed by atoms with Gasteiger partial charge in [0.1, 0.15) is 6.54 Å². The van der Waals surface area contributed by atoms with Gasteiger partial charge in [0.2, 0.25) is 0 Å². The van der Waals surface area contributed by atoms with Crippen LogP contribution < -0.4 is 0 Å². The Morgan fingerprint density at radius 1 is 1.00 bits per heavy atom. The van der Waals surface area contributed by atoms with Crippen LogP contribution in [0.1, 0.15) is 22.8 Å². The Bertz CT molecular complexity index is 662. The van der Waals surface area contributed by atoms with E-state index in [4.69, 9.17) is 0 Å². The summed E-state index contributed by atoms with van der Waals surface area (Å²) in [6.45, 7) is 3.92. The van der Waals surface area contributed by atoms with Gasteiger partial charge in [0.15, 0.2) is 5.03 Å². The minimum Gasteiger partial charge on any atom is -0.297 e. The lowest BCUT2D eigenvalue weighted by Gasteiger charge is -2.22. The number of nitrogens with zero attached hydrogens (tertiary/aromatic N) is 3. The highest BCUT2D eigenvalue weighted by Crippen LogP contribution is 2.07. The maximum Gasteiger partial charge on any atom is 0.313 e. The van der Waals surface area contributed by atoms with Crippen molar-refractivity contribution in [3.05, 3.63) is 81.9 Å². The van der Waals surface area contributed by atoms with Crippen LogP contribution in [0, 0.1) is 10.1 Å². The van der Waals surface area contributed by atoms with Crippen molar-refractivity contribution in [1.29, 1.82) is 0 Å². The fourth-order valence-electron chi connectivity index (χ4n) is 2.41. The summed E-state index contributed by atoms with van der Waals surface area (Å²) in [6.07, 6.45) is 0. The van der Waals surface area contributed by atoms with E-state index in [0.29, 0.717) is 23.7 Å². The molecule has 0 aliphatic heterocycles. The second kappa shape index (κ2) is 8.79. The molecule has 0 aromatic heterocycles. The zero-order chi connectivity index (χ0) is 17.4. The lowest BCUT2D eigenvalue weighted by atomic mass is 10.2. The van der Waals surface area contributed by atoms with Crippen LogP contribution in [0.15, 0.2) is 60.7 Å². The highest BCUT2D eigenvalue weighted by Gasteiger charge is 2.25. The molecule has 0 saturated heterocycles. The molecule has 2 aromatic carbocycles. The number of likely N-dealkylation sites (N-methyl/N-ethyl adjacent to an activating group) is 1. The van der Waals surface area contributed by atoms with Gasteiger partial charge in [-0.05, 0) is 24.2 Å². The number of hydrazine groups is 1. The van der Waals surface area contributed by atoms with Gasteiger partial charge < -0.3 is 0 Å². The van der Waals surface area contributed by atoms with Crippen LogP contribution in [0.4, 0.5) is 0 Å². The zero-order valence-electron chi connectivity index (χ0n) is 13.7. The SMILES string of the molecule is CCN(CCN(C(=O)c1ccccc1)[N+](=O)[O-])Cc1ccccc1. The maximum atomic E-state index is 12.3. The fourth-order valence-corrected chi connectivity index (χ4v) is 2.41. The van der Waals surface area contributed by atoms with Gasteiger partial charge in [-0.3, -0.25) is 9.69 Å². The Morgan fingerprint density at radius 2 is 1.58 bits per heavy atom. The third-order valence-corrected chi connectivity index (χ3v) is 3.78. The van der Waals surface area contributed by atoms with Gasteiger partial charge >= 0.3 is 5.91 Å². The van der Waals surface area contributed by atoms with Crippen LogP contribution in [-0.4, -0.2) is 40.5 Å². The molecule has 0 atom stereocenters. The Labute approximate surface area is 141 Å². The minimum atomic E-state index is -0.633. The first-order chi connectivity index (χ1) is 11.6. The lowest BCUT2D eigenvalue weighted by Crippen LogP contribution is -2.42. The number of hydrogen-bond donors (Lipinski definition) is 0. The van der Waals surface area contributed by atoms with Gasteiger partial charge in [0.25, 0.3) is 0 Å². The molecule has 6 nitrogen and oxygen atoms in total. The Balaban J connectivity index is 1.99. The second-order valence-corrected chi connectivity index (χ2v) is 5.39. The molecule has 0 unspecified atom stereocenters. The van der Waals surface area contributed by atoms with Gasteiger partial charge in [-0.2, -0.15) is 0 Å². The molecule has 0 spiro atoms. The first-order valence-electron chi connectivity index (χ1n) is 7.89. The number of benzene rings is 2. The molecule has 0 bridgehead atoms. The lowest BCUT2D eigenvalue weighted by molar-refractivity contribution is -0.632. The average Bonchev–Trinajstić information content (AvgIpc) is 2.62. The first-order valence-corrected chi connectivity index (χ1v) is 7.89. The van der Waals surface area contributed by atoms with Gasteiger partial charge in [0.05, 0.1) is 0 Å². The van der Waals surface area contributed by atoms with E-state index in [9.17, 15) is 14.9 Å². The molecular weight excluding hydrogens is 306 g/mol. The summed E-state index contributed by atoms with van der Waals surface area (Å²) in [4.78, 5) is 25.7. The first kappa shape index (κ1) is 17.6. The fraction of sp³-hybridized carbons (Fsp3) is 0.278. The van der Waals surface area contributed by atoms with Crippen molar-refractivity contribution in [3.63, 3.8) is 0 Å². The molecule has 2 aromatic rings. The highest BCUT2D eigenvalue weighted by atomic mass is 16.7. The molecule has 0 aliphatic carbocycles. The van der Waals surface area contributed by atoms with E-state index in [-0.39, 0.29) is 6.54 Å². The topological polar surface area (TPSA) is 66.7 Å². The summed E-state index contributed by atoms with van der Waals surface area (Å²) in [5, 5.41) is 11.3. The van der Waals surface area contributed by atoms with Crippen molar-refractivity contribution in [3.8, 4) is 0 Å². The molecule has 0 saturated carbocycles. The van der Waals surface area contributed by atoms with Crippen molar-refractivity contribution in [2.75, 3.05) is 19.6 Å². The third-order valence-electron chi connectivity index (χ3n) is 3.78. The van der Waals surface area contributed by atoms with E-state index in [1.165, 1.54) is 0 Å². The van der Waals surface area contributed by atoms with E-state index in [1.807, 2.05) is 37.3 Å². The standard InChI is InChI=1S/C18H21N3O3/c1-2-19(15-16-9-5-3-6-10-16)13-14-20(21(23)24)18(22)17-11-7-4-8-12-17/h3-12H,2,13-15H2,1H3. The minimum absolute atomic E-state index is 0.0431. The molecule has 1 amide bonds. The average molecular weight is 327 g/mol. The summed E-state index contributed by atoms with van der Waals surface area (Å²) >= 11 is 0. The predicted octanol–water partition coefficient (Wildman–Crippen LogP) is 2.84. The van der Waals surface area contributed by atoms with E-state index in [2.05, 4.69) is 4.90 Å². The molecular formula is C18H21N3O3. The van der Waals surface area contributed by atoms with Crippen molar-refractivity contribution in [2.45, 2.75) is 13.5 Å². The smallest absolute Gasteiger partial charge is 0.297 e. The summed E-state index contributed by atoms with van der Waals surface area (Å²) in [6, 6.07) is 18.2. The zero-order valence-corrected chi connectivity index (χ0v) is 13.7. The number of hydrogen-bond acceptors (Lipinski definition) is 4. The normalized spacial score (nSPS) is 10.6. The number of rotatable bonds is 8. The molecule has 0 radical (unpaired) electrons. The van der Waals surface area contributed by atoms with Gasteiger partial charge in [-0.25, -0.2) is 10.1 Å². The molecule has 24 heavy (non-hydrogen) atoms. The van der Waals surface area contributed by atoms with Crippen LogP contribution in [0.25, 0.3) is 0 Å². The van der Waals surface area contributed by atoms with Crippen LogP contribution in [0.3, 0.4) is 0 Å². The van der Waals surface area contributed by atoms with E-state index >= 15 is 0 Å². The van der Waals surface area contributed by atoms with Gasteiger partial charge in [-0.1, -0.05) is 60.5 Å².